The highest BCUT2D eigenvalue weighted by Gasteiger charge is 2.21. The summed E-state index contributed by atoms with van der Waals surface area (Å²) in [4.78, 5) is 17.9. The first-order valence-corrected chi connectivity index (χ1v) is 9.71. The molecule has 6 nitrogen and oxygen atoms in total. The zero-order chi connectivity index (χ0) is 19.6. The number of para-hydroxylation sites is 1. The normalized spacial score (nSPS) is 16.2. The summed E-state index contributed by atoms with van der Waals surface area (Å²) in [6.45, 7) is 0.761. The summed E-state index contributed by atoms with van der Waals surface area (Å²) < 4.78 is 5.67. The zero-order valence-electron chi connectivity index (χ0n) is 15.8. The lowest BCUT2D eigenvalue weighted by atomic mass is 10.0. The molecule has 2 aromatic heterocycles. The molecule has 1 fully saturated rings. The van der Waals surface area contributed by atoms with Crippen LogP contribution in [0, 0.1) is 0 Å². The molecule has 144 valence electrons. The average Bonchev–Trinajstić information content (AvgIpc) is 3.45. The Balaban J connectivity index is 1.49. The summed E-state index contributed by atoms with van der Waals surface area (Å²) in [6.07, 6.45) is 2.03. The molecule has 0 radical (unpaired) electrons. The first-order chi connectivity index (χ1) is 14.3. The van der Waals surface area contributed by atoms with Crippen molar-refractivity contribution < 1.29 is 9.53 Å². The fourth-order valence-corrected chi connectivity index (χ4v) is 3.69. The van der Waals surface area contributed by atoms with Gasteiger partial charge in [-0.1, -0.05) is 48.5 Å². The molecule has 1 aliphatic rings. The van der Waals surface area contributed by atoms with Gasteiger partial charge in [0.1, 0.15) is 0 Å². The Morgan fingerprint density at radius 1 is 1.07 bits per heavy atom. The van der Waals surface area contributed by atoms with Gasteiger partial charge in [-0.3, -0.25) is 9.89 Å². The fourth-order valence-electron chi connectivity index (χ4n) is 3.69. The predicted molar refractivity (Wildman–Crippen MR) is 112 cm³/mol. The van der Waals surface area contributed by atoms with Gasteiger partial charge in [-0.2, -0.15) is 5.10 Å². The summed E-state index contributed by atoms with van der Waals surface area (Å²) in [6, 6.07) is 21.2. The zero-order valence-corrected chi connectivity index (χ0v) is 15.8. The van der Waals surface area contributed by atoms with Crippen molar-refractivity contribution in [2.75, 3.05) is 11.9 Å². The van der Waals surface area contributed by atoms with Crippen LogP contribution < -0.4 is 5.32 Å². The average molecular weight is 384 g/mol. The van der Waals surface area contributed by atoms with Gasteiger partial charge in [-0.25, -0.2) is 4.98 Å². The van der Waals surface area contributed by atoms with Gasteiger partial charge in [0.2, 0.25) is 0 Å². The van der Waals surface area contributed by atoms with Crippen molar-refractivity contribution in [1.82, 2.24) is 15.2 Å². The molecule has 1 saturated heterocycles. The van der Waals surface area contributed by atoms with Gasteiger partial charge in [0.25, 0.3) is 5.91 Å². The lowest BCUT2D eigenvalue weighted by Gasteiger charge is -2.09. The molecule has 0 saturated carbocycles. The standard InChI is InChI=1S/C23H20N4O2/c28-23(25-22-14-20(26-27-22)21-11-6-12-29-21)17-13-19(15-7-2-1-3-8-15)24-18-10-5-4-9-16(17)18/h1-5,7-10,13-14,21H,6,11-12H2,(H2,25,26,27,28). The van der Waals surface area contributed by atoms with E-state index >= 15 is 0 Å². The fraction of sp³-hybridized carbons (Fsp3) is 0.174. The van der Waals surface area contributed by atoms with E-state index in [1.165, 1.54) is 0 Å². The van der Waals surface area contributed by atoms with Gasteiger partial charge in [0.05, 0.1) is 28.6 Å². The third kappa shape index (κ3) is 3.50. The number of carbonyl (C=O) groups excluding carboxylic acids is 1. The van der Waals surface area contributed by atoms with Crippen molar-refractivity contribution in [1.29, 1.82) is 0 Å². The first kappa shape index (κ1) is 17.6. The van der Waals surface area contributed by atoms with Crippen LogP contribution in [0.5, 0.6) is 0 Å². The number of aromatic amines is 1. The number of hydrogen-bond donors (Lipinski definition) is 2. The second-order valence-electron chi connectivity index (χ2n) is 7.10. The van der Waals surface area contributed by atoms with E-state index in [0.29, 0.717) is 11.4 Å². The van der Waals surface area contributed by atoms with Gasteiger partial charge in [-0.05, 0) is 25.0 Å². The second kappa shape index (κ2) is 7.48. The summed E-state index contributed by atoms with van der Waals surface area (Å²) >= 11 is 0. The van der Waals surface area contributed by atoms with Crippen molar-refractivity contribution in [3.8, 4) is 11.3 Å². The number of nitrogens with one attached hydrogen (secondary N) is 2. The van der Waals surface area contributed by atoms with Crippen molar-refractivity contribution >= 4 is 22.6 Å². The summed E-state index contributed by atoms with van der Waals surface area (Å²) in [5.74, 6) is 0.272. The minimum Gasteiger partial charge on any atom is -0.372 e. The third-order valence-electron chi connectivity index (χ3n) is 5.15. The van der Waals surface area contributed by atoms with E-state index in [-0.39, 0.29) is 12.0 Å². The molecule has 5 rings (SSSR count). The number of fused-ring (bicyclic) bond motifs is 1. The predicted octanol–water partition coefficient (Wildman–Crippen LogP) is 4.73. The van der Waals surface area contributed by atoms with Crippen molar-refractivity contribution in [3.05, 3.63) is 78.0 Å². The Hall–Kier alpha value is -3.51. The van der Waals surface area contributed by atoms with Crippen molar-refractivity contribution in [2.45, 2.75) is 18.9 Å². The lowest BCUT2D eigenvalue weighted by Crippen LogP contribution is -2.13. The molecule has 6 heteroatoms. The summed E-state index contributed by atoms with van der Waals surface area (Å²) in [5.41, 5.74) is 3.96. The molecular weight excluding hydrogens is 364 g/mol. The Morgan fingerprint density at radius 2 is 1.90 bits per heavy atom. The van der Waals surface area contributed by atoms with Gasteiger partial charge < -0.3 is 10.1 Å². The molecule has 1 atom stereocenters. The van der Waals surface area contributed by atoms with Crippen LogP contribution in [0.25, 0.3) is 22.2 Å². The Morgan fingerprint density at radius 3 is 2.72 bits per heavy atom. The number of nitrogens with zero attached hydrogens (tertiary/aromatic N) is 2. The number of ether oxygens (including phenoxy) is 1. The number of benzene rings is 2. The smallest absolute Gasteiger partial charge is 0.257 e. The maximum Gasteiger partial charge on any atom is 0.257 e. The number of rotatable bonds is 4. The number of amides is 1. The van der Waals surface area contributed by atoms with Crippen LogP contribution in [-0.4, -0.2) is 27.7 Å². The molecule has 1 amide bonds. The van der Waals surface area contributed by atoms with Crippen LogP contribution >= 0.6 is 0 Å². The second-order valence-corrected chi connectivity index (χ2v) is 7.10. The largest absolute Gasteiger partial charge is 0.372 e. The minimum atomic E-state index is -0.217. The van der Waals surface area contributed by atoms with E-state index < -0.39 is 0 Å². The molecule has 1 aliphatic heterocycles. The Bertz CT molecular complexity index is 1160. The summed E-state index contributed by atoms with van der Waals surface area (Å²) in [7, 11) is 0. The quantitative estimate of drug-likeness (QED) is 0.533. The van der Waals surface area contributed by atoms with E-state index in [2.05, 4.69) is 15.5 Å². The highest BCUT2D eigenvalue weighted by atomic mass is 16.5. The third-order valence-corrected chi connectivity index (χ3v) is 5.15. The Labute approximate surface area is 167 Å². The molecule has 0 aliphatic carbocycles. The van der Waals surface area contributed by atoms with Gasteiger partial charge in [-0.15, -0.1) is 0 Å². The van der Waals surface area contributed by atoms with Crippen LogP contribution in [0.4, 0.5) is 5.82 Å². The maximum atomic E-state index is 13.1. The number of hydrogen-bond acceptors (Lipinski definition) is 4. The van der Waals surface area contributed by atoms with Crippen LogP contribution in [0.1, 0.15) is 35.0 Å². The number of pyridine rings is 1. The van der Waals surface area contributed by atoms with Crippen LogP contribution in [0.15, 0.2) is 66.7 Å². The van der Waals surface area contributed by atoms with E-state index in [4.69, 9.17) is 9.72 Å². The van der Waals surface area contributed by atoms with Gasteiger partial charge >= 0.3 is 0 Å². The highest BCUT2D eigenvalue weighted by Crippen LogP contribution is 2.29. The molecule has 4 aromatic rings. The molecule has 2 N–H and O–H groups in total. The van der Waals surface area contributed by atoms with E-state index in [1.807, 2.05) is 66.7 Å². The van der Waals surface area contributed by atoms with Crippen LogP contribution in [0.3, 0.4) is 0 Å². The monoisotopic (exact) mass is 384 g/mol. The number of carbonyl (C=O) groups is 1. The summed E-state index contributed by atoms with van der Waals surface area (Å²) in [5, 5.41) is 10.9. The van der Waals surface area contributed by atoms with Crippen LogP contribution in [0.2, 0.25) is 0 Å². The topological polar surface area (TPSA) is 79.9 Å². The molecule has 3 heterocycles. The maximum absolute atomic E-state index is 13.1. The SMILES string of the molecule is O=C(Nc1cc(C2CCCO2)[nH]n1)c1cc(-c2ccccc2)nc2ccccc12. The molecular formula is C23H20N4O2. The van der Waals surface area contributed by atoms with Gasteiger partial charge in [0, 0.05) is 23.6 Å². The number of H-pyrrole nitrogens is 1. The van der Waals surface area contributed by atoms with Gasteiger partial charge in [0.15, 0.2) is 5.82 Å². The minimum absolute atomic E-state index is 0.0274. The molecule has 29 heavy (non-hydrogen) atoms. The van der Waals surface area contributed by atoms with Crippen LogP contribution in [-0.2, 0) is 4.74 Å². The molecule has 0 spiro atoms. The lowest BCUT2D eigenvalue weighted by molar-refractivity contribution is 0.102. The van der Waals surface area contributed by atoms with E-state index in [0.717, 1.165) is 47.3 Å². The first-order valence-electron chi connectivity index (χ1n) is 9.71. The molecule has 1 unspecified atom stereocenters. The number of anilines is 1. The number of aromatic nitrogens is 3. The van der Waals surface area contributed by atoms with E-state index in [1.54, 1.807) is 0 Å². The van der Waals surface area contributed by atoms with E-state index in [9.17, 15) is 4.79 Å². The van der Waals surface area contributed by atoms with Crippen molar-refractivity contribution in [2.24, 2.45) is 0 Å². The highest BCUT2D eigenvalue weighted by molar-refractivity contribution is 6.12. The Kier molecular flexibility index (Phi) is 4.54. The van der Waals surface area contributed by atoms with Crippen molar-refractivity contribution in [3.63, 3.8) is 0 Å². The molecule has 0 bridgehead atoms. The molecule has 2 aromatic carbocycles.